The first-order valence-corrected chi connectivity index (χ1v) is 10.2. The molecule has 0 saturated heterocycles. The number of halogens is 1. The second-order valence-electron chi connectivity index (χ2n) is 6.47. The number of amides is 1. The number of ether oxygens (including phenoxy) is 1. The molecule has 0 aliphatic heterocycles. The first kappa shape index (κ1) is 20.5. The number of hydrogen-bond acceptors (Lipinski definition) is 4. The Labute approximate surface area is 168 Å². The molecule has 0 heterocycles. The van der Waals surface area contributed by atoms with Crippen molar-refractivity contribution in [1.82, 2.24) is 0 Å². The molecule has 6 nitrogen and oxygen atoms in total. The van der Waals surface area contributed by atoms with Gasteiger partial charge in [-0.1, -0.05) is 30.3 Å². The van der Waals surface area contributed by atoms with Gasteiger partial charge < -0.3 is 10.1 Å². The van der Waals surface area contributed by atoms with Crippen LogP contribution in [-0.2, 0) is 21.2 Å². The van der Waals surface area contributed by atoms with E-state index < -0.39 is 21.7 Å². The van der Waals surface area contributed by atoms with Crippen molar-refractivity contribution >= 4 is 21.6 Å². The normalized spacial score (nSPS) is 11.1. The average molecular weight is 414 g/mol. The highest BCUT2D eigenvalue weighted by Crippen LogP contribution is 2.28. The molecule has 0 bridgehead atoms. The van der Waals surface area contributed by atoms with E-state index in [2.05, 4.69) is 5.32 Å². The minimum atomic E-state index is -4.04. The SMILES string of the molecule is Cc1cccc(Oc2cc(NC(=O)Cc3ccccc3F)cc(S(N)(=O)=O)c2)c1. The van der Waals surface area contributed by atoms with E-state index in [0.717, 1.165) is 5.56 Å². The Morgan fingerprint density at radius 2 is 1.79 bits per heavy atom. The van der Waals surface area contributed by atoms with Crippen LogP contribution < -0.4 is 15.2 Å². The number of hydrogen-bond donors (Lipinski definition) is 2. The third-order valence-corrected chi connectivity index (χ3v) is 4.92. The zero-order valence-corrected chi connectivity index (χ0v) is 16.4. The summed E-state index contributed by atoms with van der Waals surface area (Å²) in [4.78, 5) is 12.1. The van der Waals surface area contributed by atoms with E-state index >= 15 is 0 Å². The van der Waals surface area contributed by atoms with Crippen molar-refractivity contribution in [2.24, 2.45) is 5.14 Å². The number of carbonyl (C=O) groups excluding carboxylic acids is 1. The zero-order valence-electron chi connectivity index (χ0n) is 15.6. The lowest BCUT2D eigenvalue weighted by Gasteiger charge is -2.12. The van der Waals surface area contributed by atoms with Gasteiger partial charge in [0.15, 0.2) is 0 Å². The van der Waals surface area contributed by atoms with Crippen LogP contribution in [0, 0.1) is 12.7 Å². The molecule has 0 aliphatic carbocycles. The molecule has 0 atom stereocenters. The largest absolute Gasteiger partial charge is 0.457 e. The van der Waals surface area contributed by atoms with Gasteiger partial charge in [-0.15, -0.1) is 0 Å². The van der Waals surface area contributed by atoms with Crippen molar-refractivity contribution in [2.75, 3.05) is 5.32 Å². The molecule has 0 aliphatic rings. The summed E-state index contributed by atoms with van der Waals surface area (Å²) in [6, 6.07) is 17.1. The number of anilines is 1. The van der Waals surface area contributed by atoms with Gasteiger partial charge in [-0.2, -0.15) is 0 Å². The Morgan fingerprint density at radius 3 is 2.48 bits per heavy atom. The number of primary sulfonamides is 1. The number of benzene rings is 3. The Hall–Kier alpha value is -3.23. The number of nitrogens with one attached hydrogen (secondary N) is 1. The third kappa shape index (κ3) is 5.63. The Bertz CT molecular complexity index is 1160. The number of carbonyl (C=O) groups is 1. The topological polar surface area (TPSA) is 98.5 Å². The van der Waals surface area contributed by atoms with Crippen molar-refractivity contribution in [2.45, 2.75) is 18.2 Å². The van der Waals surface area contributed by atoms with E-state index in [-0.39, 0.29) is 28.3 Å². The molecule has 0 spiro atoms. The first-order chi connectivity index (χ1) is 13.7. The van der Waals surface area contributed by atoms with Gasteiger partial charge in [-0.25, -0.2) is 17.9 Å². The fourth-order valence-electron chi connectivity index (χ4n) is 2.70. The highest BCUT2D eigenvalue weighted by molar-refractivity contribution is 7.89. The molecule has 0 saturated carbocycles. The van der Waals surface area contributed by atoms with Crippen molar-refractivity contribution < 1.29 is 22.3 Å². The molecule has 0 fully saturated rings. The predicted molar refractivity (Wildman–Crippen MR) is 108 cm³/mol. The molecule has 0 radical (unpaired) electrons. The maximum Gasteiger partial charge on any atom is 0.238 e. The zero-order chi connectivity index (χ0) is 21.0. The lowest BCUT2D eigenvalue weighted by atomic mass is 10.1. The maximum atomic E-state index is 13.8. The summed E-state index contributed by atoms with van der Waals surface area (Å²) in [5.41, 5.74) is 1.35. The Balaban J connectivity index is 1.87. The fraction of sp³-hybridized carbons (Fsp3) is 0.0952. The van der Waals surface area contributed by atoms with Crippen LogP contribution in [0.1, 0.15) is 11.1 Å². The highest BCUT2D eigenvalue weighted by Gasteiger charge is 2.15. The van der Waals surface area contributed by atoms with Crippen LogP contribution in [0.2, 0.25) is 0 Å². The molecular weight excluding hydrogens is 395 g/mol. The monoisotopic (exact) mass is 414 g/mol. The molecule has 0 unspecified atom stereocenters. The lowest BCUT2D eigenvalue weighted by molar-refractivity contribution is -0.115. The number of nitrogens with two attached hydrogens (primary N) is 1. The predicted octanol–water partition coefficient (Wildman–Crippen LogP) is 3.76. The summed E-state index contributed by atoms with van der Waals surface area (Å²) in [7, 11) is -4.04. The van der Waals surface area contributed by atoms with Crippen molar-refractivity contribution in [3.63, 3.8) is 0 Å². The third-order valence-electron chi connectivity index (χ3n) is 4.03. The van der Waals surface area contributed by atoms with Crippen LogP contribution in [0.3, 0.4) is 0 Å². The van der Waals surface area contributed by atoms with Crippen molar-refractivity contribution in [1.29, 1.82) is 0 Å². The number of rotatable bonds is 6. The molecule has 8 heteroatoms. The van der Waals surface area contributed by atoms with Gasteiger partial charge >= 0.3 is 0 Å². The molecule has 3 aromatic carbocycles. The average Bonchev–Trinajstić information content (AvgIpc) is 2.63. The quantitative estimate of drug-likeness (QED) is 0.642. The van der Waals surface area contributed by atoms with Crippen LogP contribution >= 0.6 is 0 Å². The van der Waals surface area contributed by atoms with Crippen LogP contribution in [0.5, 0.6) is 11.5 Å². The number of aryl methyl sites for hydroxylation is 1. The molecule has 3 aromatic rings. The summed E-state index contributed by atoms with van der Waals surface area (Å²) in [6.07, 6.45) is -0.208. The number of sulfonamides is 1. The second kappa shape index (κ2) is 8.42. The van der Waals surface area contributed by atoms with Gasteiger partial charge in [-0.3, -0.25) is 4.79 Å². The van der Waals surface area contributed by atoms with Crippen molar-refractivity contribution in [3.05, 3.63) is 83.7 Å². The minimum Gasteiger partial charge on any atom is -0.457 e. The van der Waals surface area contributed by atoms with E-state index in [0.29, 0.717) is 5.75 Å². The van der Waals surface area contributed by atoms with Crippen LogP contribution in [-0.4, -0.2) is 14.3 Å². The van der Waals surface area contributed by atoms with Crippen LogP contribution in [0.15, 0.2) is 71.6 Å². The summed E-state index contributed by atoms with van der Waals surface area (Å²) in [5.74, 6) is -0.323. The maximum absolute atomic E-state index is 13.8. The van der Waals surface area contributed by atoms with Crippen LogP contribution in [0.25, 0.3) is 0 Å². The van der Waals surface area contributed by atoms with Crippen LogP contribution in [0.4, 0.5) is 10.1 Å². The second-order valence-corrected chi connectivity index (χ2v) is 8.03. The summed E-state index contributed by atoms with van der Waals surface area (Å²) < 4.78 is 43.1. The molecule has 1 amide bonds. The summed E-state index contributed by atoms with van der Waals surface area (Å²) >= 11 is 0. The highest BCUT2D eigenvalue weighted by atomic mass is 32.2. The molecule has 3 rings (SSSR count). The van der Waals surface area contributed by atoms with Gasteiger partial charge in [0, 0.05) is 17.8 Å². The Morgan fingerprint density at radius 1 is 1.03 bits per heavy atom. The lowest BCUT2D eigenvalue weighted by Crippen LogP contribution is -2.17. The molecular formula is C21H19FN2O4S. The van der Waals surface area contributed by atoms with E-state index in [1.54, 1.807) is 24.3 Å². The first-order valence-electron chi connectivity index (χ1n) is 8.66. The van der Waals surface area contributed by atoms with Gasteiger partial charge in [0.05, 0.1) is 11.3 Å². The Kier molecular flexibility index (Phi) is 5.95. The molecule has 29 heavy (non-hydrogen) atoms. The molecule has 150 valence electrons. The molecule has 3 N–H and O–H groups in total. The summed E-state index contributed by atoms with van der Waals surface area (Å²) in [6.45, 7) is 1.89. The van der Waals surface area contributed by atoms with E-state index in [1.165, 1.54) is 36.4 Å². The minimum absolute atomic E-state index is 0.167. The summed E-state index contributed by atoms with van der Waals surface area (Å²) in [5, 5.41) is 7.80. The van der Waals surface area contributed by atoms with Gasteiger partial charge in [-0.05, 0) is 42.3 Å². The van der Waals surface area contributed by atoms with E-state index in [1.807, 2.05) is 13.0 Å². The van der Waals surface area contributed by atoms with E-state index in [4.69, 9.17) is 9.88 Å². The molecule has 0 aromatic heterocycles. The van der Waals surface area contributed by atoms with Crippen molar-refractivity contribution in [3.8, 4) is 11.5 Å². The smallest absolute Gasteiger partial charge is 0.238 e. The van der Waals surface area contributed by atoms with Gasteiger partial charge in [0.25, 0.3) is 0 Å². The van der Waals surface area contributed by atoms with E-state index in [9.17, 15) is 17.6 Å². The van der Waals surface area contributed by atoms with Gasteiger partial charge in [0.1, 0.15) is 17.3 Å². The van der Waals surface area contributed by atoms with Gasteiger partial charge in [0.2, 0.25) is 15.9 Å². The standard InChI is InChI=1S/C21H19FN2O4S/c1-14-5-4-7-17(9-14)28-18-11-16(12-19(13-18)29(23,26)27)24-21(25)10-15-6-2-3-8-20(15)22/h2-9,11-13H,10H2,1H3,(H,24,25)(H2,23,26,27). The fourth-order valence-corrected chi connectivity index (χ4v) is 3.27.